The van der Waals surface area contributed by atoms with Gasteiger partial charge in [0.25, 0.3) is 0 Å². The molecule has 1 heterocycles. The Morgan fingerprint density at radius 2 is 1.80 bits per heavy atom. The second kappa shape index (κ2) is 8.53. The first kappa shape index (κ1) is 17.3. The van der Waals surface area contributed by atoms with E-state index in [9.17, 15) is 5.11 Å². The van der Waals surface area contributed by atoms with E-state index in [4.69, 9.17) is 4.74 Å². The second-order valence-electron chi connectivity index (χ2n) is 6.09. The maximum atomic E-state index is 10.2. The van der Waals surface area contributed by atoms with Crippen molar-refractivity contribution in [1.29, 1.82) is 0 Å². The van der Waals surface area contributed by atoms with Gasteiger partial charge in [0.15, 0.2) is 11.5 Å². The highest BCUT2D eigenvalue weighted by Crippen LogP contribution is 2.28. The Morgan fingerprint density at radius 3 is 2.52 bits per heavy atom. The summed E-state index contributed by atoms with van der Waals surface area (Å²) in [6.07, 6.45) is 1.71. The van der Waals surface area contributed by atoms with Crippen molar-refractivity contribution in [3.05, 3.63) is 59.7 Å². The van der Waals surface area contributed by atoms with Crippen LogP contribution in [-0.4, -0.2) is 54.0 Å². The van der Waals surface area contributed by atoms with Gasteiger partial charge in [-0.1, -0.05) is 36.4 Å². The fourth-order valence-electron chi connectivity index (χ4n) is 2.91. The number of para-hydroxylation sites is 1. The van der Waals surface area contributed by atoms with Crippen molar-refractivity contribution < 1.29 is 9.84 Å². The topological polar surface area (TPSA) is 48.3 Å². The molecule has 0 radical (unpaired) electrons. The smallest absolute Gasteiger partial charge is 0.166 e. The third kappa shape index (κ3) is 4.73. The molecule has 1 fully saturated rings. The van der Waals surface area contributed by atoms with Gasteiger partial charge in [0.05, 0.1) is 12.8 Å². The van der Waals surface area contributed by atoms with Gasteiger partial charge in [-0.05, 0) is 24.6 Å². The van der Waals surface area contributed by atoms with E-state index in [-0.39, 0.29) is 5.75 Å². The van der Waals surface area contributed by atoms with Crippen molar-refractivity contribution in [2.24, 2.45) is 5.10 Å². The highest BCUT2D eigenvalue weighted by molar-refractivity contribution is 5.84. The number of ether oxygens (including phenoxy) is 1. The van der Waals surface area contributed by atoms with Gasteiger partial charge in [0.1, 0.15) is 0 Å². The number of phenolic OH excluding ortho intramolecular Hbond substituents is 1. The van der Waals surface area contributed by atoms with Crippen LogP contribution in [0.3, 0.4) is 0 Å². The van der Waals surface area contributed by atoms with Gasteiger partial charge in [-0.25, -0.2) is 0 Å². The molecule has 0 unspecified atom stereocenters. The van der Waals surface area contributed by atoms with Gasteiger partial charge in [-0.2, -0.15) is 5.10 Å². The molecule has 2 aromatic rings. The van der Waals surface area contributed by atoms with E-state index < -0.39 is 0 Å². The van der Waals surface area contributed by atoms with Gasteiger partial charge in [-0.15, -0.1) is 0 Å². The van der Waals surface area contributed by atoms with E-state index in [0.717, 1.165) is 32.7 Å². The minimum atomic E-state index is 0.149. The van der Waals surface area contributed by atoms with Crippen LogP contribution in [0.4, 0.5) is 0 Å². The number of rotatable bonds is 6. The minimum Gasteiger partial charge on any atom is -0.504 e. The predicted octanol–water partition coefficient (Wildman–Crippen LogP) is 2.94. The number of phenols is 1. The quantitative estimate of drug-likeness (QED) is 0.822. The first-order valence-electron chi connectivity index (χ1n) is 8.76. The van der Waals surface area contributed by atoms with Crippen molar-refractivity contribution in [1.82, 2.24) is 9.91 Å². The summed E-state index contributed by atoms with van der Waals surface area (Å²) in [4.78, 5) is 2.44. The lowest BCUT2D eigenvalue weighted by Crippen LogP contribution is -2.43. The minimum absolute atomic E-state index is 0.149. The van der Waals surface area contributed by atoms with Crippen molar-refractivity contribution in [2.45, 2.75) is 13.5 Å². The summed E-state index contributed by atoms with van der Waals surface area (Å²) in [5, 5.41) is 16.8. The molecule has 5 nitrogen and oxygen atoms in total. The predicted molar refractivity (Wildman–Crippen MR) is 100 cm³/mol. The third-order valence-electron chi connectivity index (χ3n) is 4.29. The molecule has 2 aromatic carbocycles. The fraction of sp³-hybridized carbons (Fsp3) is 0.350. The molecule has 25 heavy (non-hydrogen) atoms. The van der Waals surface area contributed by atoms with Gasteiger partial charge in [-0.3, -0.25) is 9.91 Å². The number of hydrogen-bond acceptors (Lipinski definition) is 5. The highest BCUT2D eigenvalue weighted by Gasteiger charge is 2.15. The SMILES string of the molecule is CCOc1cccc(C=NN2CCN(Cc3ccccc3)CC2)c1O. The van der Waals surface area contributed by atoms with E-state index in [0.29, 0.717) is 17.9 Å². The maximum absolute atomic E-state index is 10.2. The van der Waals surface area contributed by atoms with E-state index in [1.807, 2.05) is 30.1 Å². The van der Waals surface area contributed by atoms with Crippen LogP contribution >= 0.6 is 0 Å². The molecule has 0 bridgehead atoms. The third-order valence-corrected chi connectivity index (χ3v) is 4.29. The lowest BCUT2D eigenvalue weighted by molar-refractivity contribution is 0.131. The molecule has 1 saturated heterocycles. The van der Waals surface area contributed by atoms with Crippen molar-refractivity contribution >= 4 is 6.21 Å². The number of nitrogens with zero attached hydrogens (tertiary/aromatic N) is 3. The highest BCUT2D eigenvalue weighted by atomic mass is 16.5. The molecule has 1 aliphatic heterocycles. The van der Waals surface area contributed by atoms with E-state index in [2.05, 4.69) is 34.3 Å². The molecular weight excluding hydrogens is 314 g/mol. The van der Waals surface area contributed by atoms with E-state index >= 15 is 0 Å². The van der Waals surface area contributed by atoms with Crippen molar-refractivity contribution in [3.63, 3.8) is 0 Å². The normalized spacial score (nSPS) is 15.6. The average molecular weight is 339 g/mol. The van der Waals surface area contributed by atoms with Crippen molar-refractivity contribution in [2.75, 3.05) is 32.8 Å². The molecule has 0 saturated carbocycles. The Balaban J connectivity index is 1.54. The molecule has 0 spiro atoms. The monoisotopic (exact) mass is 339 g/mol. The van der Waals surface area contributed by atoms with Crippen LogP contribution in [0, 0.1) is 0 Å². The first-order valence-corrected chi connectivity index (χ1v) is 8.76. The van der Waals surface area contributed by atoms with Crippen LogP contribution in [0.5, 0.6) is 11.5 Å². The zero-order chi connectivity index (χ0) is 17.5. The average Bonchev–Trinajstić information content (AvgIpc) is 2.65. The molecule has 0 aliphatic carbocycles. The largest absolute Gasteiger partial charge is 0.504 e. The molecule has 1 N–H and O–H groups in total. The molecule has 132 valence electrons. The number of aromatic hydroxyl groups is 1. The fourth-order valence-corrected chi connectivity index (χ4v) is 2.91. The van der Waals surface area contributed by atoms with Crippen LogP contribution in [0.2, 0.25) is 0 Å². The van der Waals surface area contributed by atoms with Crippen LogP contribution in [0.1, 0.15) is 18.1 Å². The van der Waals surface area contributed by atoms with Crippen LogP contribution in [0.25, 0.3) is 0 Å². The van der Waals surface area contributed by atoms with Crippen LogP contribution < -0.4 is 4.74 Å². The summed E-state index contributed by atoms with van der Waals surface area (Å²) in [7, 11) is 0. The molecular formula is C20H25N3O2. The number of benzene rings is 2. The Kier molecular flexibility index (Phi) is 5.90. The van der Waals surface area contributed by atoms with E-state index in [1.54, 1.807) is 12.3 Å². The second-order valence-corrected chi connectivity index (χ2v) is 6.09. The molecule has 1 aliphatic rings. The summed E-state index contributed by atoms with van der Waals surface area (Å²) in [5.74, 6) is 0.648. The van der Waals surface area contributed by atoms with Gasteiger partial charge in [0, 0.05) is 38.3 Å². The molecule has 5 heteroatoms. The van der Waals surface area contributed by atoms with Crippen LogP contribution in [0.15, 0.2) is 53.6 Å². The summed E-state index contributed by atoms with van der Waals surface area (Å²) < 4.78 is 5.41. The Morgan fingerprint density at radius 1 is 1.04 bits per heavy atom. The number of hydrazone groups is 1. The van der Waals surface area contributed by atoms with Gasteiger partial charge >= 0.3 is 0 Å². The lowest BCUT2D eigenvalue weighted by Gasteiger charge is -2.33. The number of piperazine rings is 1. The van der Waals surface area contributed by atoms with Crippen LogP contribution in [-0.2, 0) is 6.54 Å². The Bertz CT molecular complexity index is 695. The maximum Gasteiger partial charge on any atom is 0.166 e. The van der Waals surface area contributed by atoms with E-state index in [1.165, 1.54) is 5.56 Å². The zero-order valence-corrected chi connectivity index (χ0v) is 14.6. The Labute approximate surface area is 149 Å². The first-order chi connectivity index (χ1) is 12.3. The molecule has 3 rings (SSSR count). The zero-order valence-electron chi connectivity index (χ0n) is 14.6. The molecule has 0 amide bonds. The summed E-state index contributed by atoms with van der Waals surface area (Å²) in [5.41, 5.74) is 2.02. The summed E-state index contributed by atoms with van der Waals surface area (Å²) in [6, 6.07) is 16.0. The van der Waals surface area contributed by atoms with Crippen molar-refractivity contribution in [3.8, 4) is 11.5 Å². The Hall–Kier alpha value is -2.53. The summed E-state index contributed by atoms with van der Waals surface area (Å²) in [6.45, 7) is 7.14. The van der Waals surface area contributed by atoms with Gasteiger partial charge in [0.2, 0.25) is 0 Å². The number of hydrogen-bond donors (Lipinski definition) is 1. The van der Waals surface area contributed by atoms with Gasteiger partial charge < -0.3 is 9.84 Å². The lowest BCUT2D eigenvalue weighted by atomic mass is 10.2. The molecule has 0 aromatic heterocycles. The molecule has 0 atom stereocenters. The standard InChI is InChI=1S/C20H25N3O2/c1-2-25-19-10-6-9-18(20(19)24)15-21-23-13-11-22(12-14-23)16-17-7-4-3-5-8-17/h3-10,15,24H,2,11-14,16H2,1H3. The summed E-state index contributed by atoms with van der Waals surface area (Å²) >= 11 is 0.